The van der Waals surface area contributed by atoms with Gasteiger partial charge in [-0.3, -0.25) is 4.79 Å². The monoisotopic (exact) mass is 343 g/mol. The van der Waals surface area contributed by atoms with Crippen molar-refractivity contribution in [1.82, 2.24) is 10.3 Å². The number of aromatic amines is 1. The van der Waals surface area contributed by atoms with Crippen molar-refractivity contribution in [2.45, 2.75) is 33.0 Å². The molecule has 2 rings (SSSR count). The standard InChI is InChI=1S/C15H16F3N3O3/c1-7-4-11(9(3)24-7)8(2)20-14(23)21-12-5-10(15(16,17)18)6-19-13(12)22/h4-6,8H,1-3H3,(H,19,22)(H2,20,21,23)/t8-/m1/s1. The summed E-state index contributed by atoms with van der Waals surface area (Å²) in [5, 5.41) is 4.67. The molecule has 0 aliphatic heterocycles. The molecule has 130 valence electrons. The van der Waals surface area contributed by atoms with Gasteiger partial charge in [-0.05, 0) is 32.9 Å². The van der Waals surface area contributed by atoms with Gasteiger partial charge < -0.3 is 20.0 Å². The second-order valence-corrected chi connectivity index (χ2v) is 5.32. The summed E-state index contributed by atoms with van der Waals surface area (Å²) in [6, 6.07) is 1.08. The van der Waals surface area contributed by atoms with Crippen molar-refractivity contribution in [2.24, 2.45) is 0 Å². The SMILES string of the molecule is Cc1cc([C@@H](C)NC(=O)Nc2cc(C(F)(F)F)c[nH]c2=O)c(C)o1. The highest BCUT2D eigenvalue weighted by molar-refractivity contribution is 5.89. The summed E-state index contributed by atoms with van der Waals surface area (Å²) in [6.07, 6.45) is -4.08. The number of amides is 2. The van der Waals surface area contributed by atoms with Gasteiger partial charge in [-0.25, -0.2) is 4.79 Å². The van der Waals surface area contributed by atoms with Gasteiger partial charge in [-0.15, -0.1) is 0 Å². The van der Waals surface area contributed by atoms with Crippen molar-refractivity contribution in [2.75, 3.05) is 5.32 Å². The second kappa shape index (κ2) is 6.42. The number of hydrogen-bond acceptors (Lipinski definition) is 3. The average Bonchev–Trinajstić information content (AvgIpc) is 2.79. The van der Waals surface area contributed by atoms with E-state index in [0.29, 0.717) is 23.8 Å². The molecule has 6 nitrogen and oxygen atoms in total. The third kappa shape index (κ3) is 3.98. The molecular weight excluding hydrogens is 327 g/mol. The fraction of sp³-hybridized carbons (Fsp3) is 0.333. The van der Waals surface area contributed by atoms with E-state index in [9.17, 15) is 22.8 Å². The lowest BCUT2D eigenvalue weighted by atomic mass is 10.1. The molecule has 0 aromatic carbocycles. The Morgan fingerprint density at radius 2 is 1.96 bits per heavy atom. The number of aryl methyl sites for hydroxylation is 2. The Bertz CT molecular complexity index is 808. The summed E-state index contributed by atoms with van der Waals surface area (Å²) < 4.78 is 43.3. The average molecular weight is 343 g/mol. The summed E-state index contributed by atoms with van der Waals surface area (Å²) in [7, 11) is 0. The Morgan fingerprint density at radius 1 is 1.29 bits per heavy atom. The molecule has 1 atom stereocenters. The minimum absolute atomic E-state index is 0.452. The normalized spacial score (nSPS) is 12.8. The number of aromatic nitrogens is 1. The third-order valence-corrected chi connectivity index (χ3v) is 3.37. The number of halogens is 3. The van der Waals surface area contributed by atoms with E-state index >= 15 is 0 Å². The van der Waals surface area contributed by atoms with Gasteiger partial charge in [0.15, 0.2) is 0 Å². The largest absolute Gasteiger partial charge is 0.466 e. The van der Waals surface area contributed by atoms with Crippen LogP contribution in [0.3, 0.4) is 0 Å². The molecule has 2 aromatic rings. The lowest BCUT2D eigenvalue weighted by molar-refractivity contribution is -0.137. The Kier molecular flexibility index (Phi) is 4.72. The van der Waals surface area contributed by atoms with Gasteiger partial charge in [0.1, 0.15) is 17.2 Å². The van der Waals surface area contributed by atoms with Gasteiger partial charge in [-0.1, -0.05) is 0 Å². The van der Waals surface area contributed by atoms with Crippen LogP contribution in [0.25, 0.3) is 0 Å². The topological polar surface area (TPSA) is 87.1 Å². The number of hydrogen-bond donors (Lipinski definition) is 3. The van der Waals surface area contributed by atoms with E-state index < -0.39 is 35.1 Å². The number of furan rings is 1. The van der Waals surface area contributed by atoms with Crippen molar-refractivity contribution < 1.29 is 22.4 Å². The number of pyridine rings is 1. The Morgan fingerprint density at radius 3 is 2.50 bits per heavy atom. The zero-order valence-corrected chi connectivity index (χ0v) is 13.2. The minimum atomic E-state index is -4.63. The van der Waals surface area contributed by atoms with Gasteiger partial charge in [0.05, 0.1) is 11.6 Å². The molecular formula is C15H16F3N3O3. The molecule has 0 aliphatic carbocycles. The van der Waals surface area contributed by atoms with Crippen LogP contribution >= 0.6 is 0 Å². The summed E-state index contributed by atoms with van der Waals surface area (Å²) in [6.45, 7) is 5.18. The molecule has 0 saturated carbocycles. The first-order chi connectivity index (χ1) is 11.1. The van der Waals surface area contributed by atoms with Crippen molar-refractivity contribution in [3.8, 4) is 0 Å². The maximum absolute atomic E-state index is 12.7. The lowest BCUT2D eigenvalue weighted by Crippen LogP contribution is -2.33. The van der Waals surface area contributed by atoms with Crippen LogP contribution in [0, 0.1) is 13.8 Å². The number of rotatable bonds is 3. The van der Waals surface area contributed by atoms with Crippen LogP contribution in [-0.4, -0.2) is 11.0 Å². The highest BCUT2D eigenvalue weighted by Crippen LogP contribution is 2.29. The van der Waals surface area contributed by atoms with E-state index in [1.807, 2.05) is 4.98 Å². The quantitative estimate of drug-likeness (QED) is 0.797. The highest BCUT2D eigenvalue weighted by atomic mass is 19.4. The third-order valence-electron chi connectivity index (χ3n) is 3.37. The predicted octanol–water partition coefficient (Wildman–Crippen LogP) is 3.49. The van der Waals surface area contributed by atoms with Crippen molar-refractivity contribution in [1.29, 1.82) is 0 Å². The first kappa shape index (κ1) is 17.6. The Balaban J connectivity index is 2.12. The van der Waals surface area contributed by atoms with Crippen molar-refractivity contribution >= 4 is 11.7 Å². The number of alkyl halides is 3. The van der Waals surface area contributed by atoms with Crippen LogP contribution < -0.4 is 16.2 Å². The molecule has 0 spiro atoms. The fourth-order valence-corrected chi connectivity index (χ4v) is 2.25. The van der Waals surface area contributed by atoms with Crippen LogP contribution in [-0.2, 0) is 6.18 Å². The highest BCUT2D eigenvalue weighted by Gasteiger charge is 2.31. The molecule has 0 radical (unpaired) electrons. The molecule has 0 bridgehead atoms. The predicted molar refractivity (Wildman–Crippen MR) is 80.8 cm³/mol. The molecule has 0 fully saturated rings. The van der Waals surface area contributed by atoms with Crippen LogP contribution in [0.5, 0.6) is 0 Å². The number of carbonyl (C=O) groups is 1. The Labute approximate surface area is 135 Å². The van der Waals surface area contributed by atoms with Crippen LogP contribution in [0.4, 0.5) is 23.7 Å². The van der Waals surface area contributed by atoms with Gasteiger partial charge in [0, 0.05) is 11.8 Å². The number of H-pyrrole nitrogens is 1. The molecule has 0 saturated heterocycles. The van der Waals surface area contributed by atoms with Gasteiger partial charge in [0.25, 0.3) is 5.56 Å². The summed E-state index contributed by atoms with van der Waals surface area (Å²) >= 11 is 0. The second-order valence-electron chi connectivity index (χ2n) is 5.32. The van der Waals surface area contributed by atoms with E-state index in [2.05, 4.69) is 10.6 Å². The van der Waals surface area contributed by atoms with Crippen LogP contribution in [0.2, 0.25) is 0 Å². The van der Waals surface area contributed by atoms with E-state index in [4.69, 9.17) is 4.42 Å². The zero-order chi connectivity index (χ0) is 18.1. The minimum Gasteiger partial charge on any atom is -0.466 e. The molecule has 2 heterocycles. The van der Waals surface area contributed by atoms with Gasteiger partial charge >= 0.3 is 12.2 Å². The van der Waals surface area contributed by atoms with Crippen LogP contribution in [0.15, 0.2) is 27.5 Å². The van der Waals surface area contributed by atoms with E-state index in [-0.39, 0.29) is 0 Å². The lowest BCUT2D eigenvalue weighted by Gasteiger charge is -2.14. The molecule has 24 heavy (non-hydrogen) atoms. The molecule has 3 N–H and O–H groups in total. The molecule has 9 heteroatoms. The van der Waals surface area contributed by atoms with Crippen molar-refractivity contribution in [3.05, 3.63) is 51.3 Å². The fourth-order valence-electron chi connectivity index (χ4n) is 2.25. The molecule has 2 aromatic heterocycles. The number of carbonyl (C=O) groups excluding carboxylic acids is 1. The van der Waals surface area contributed by atoms with Crippen LogP contribution in [0.1, 0.15) is 35.6 Å². The smallest absolute Gasteiger partial charge is 0.417 e. The van der Waals surface area contributed by atoms with Gasteiger partial charge in [-0.2, -0.15) is 13.2 Å². The van der Waals surface area contributed by atoms with E-state index in [0.717, 1.165) is 5.56 Å². The molecule has 0 unspecified atom stereocenters. The van der Waals surface area contributed by atoms with Crippen molar-refractivity contribution in [3.63, 3.8) is 0 Å². The zero-order valence-electron chi connectivity index (χ0n) is 13.2. The Hall–Kier alpha value is -2.71. The maximum atomic E-state index is 12.7. The first-order valence-electron chi connectivity index (χ1n) is 7.02. The van der Waals surface area contributed by atoms with E-state index in [1.54, 1.807) is 26.8 Å². The summed E-state index contributed by atoms with van der Waals surface area (Å²) in [5.74, 6) is 1.29. The molecule has 2 amide bonds. The maximum Gasteiger partial charge on any atom is 0.417 e. The summed E-state index contributed by atoms with van der Waals surface area (Å²) in [5.41, 5.74) is -1.65. The number of anilines is 1. The molecule has 0 aliphatic rings. The van der Waals surface area contributed by atoms with E-state index in [1.165, 1.54) is 0 Å². The summed E-state index contributed by atoms with van der Waals surface area (Å²) in [4.78, 5) is 25.5. The number of urea groups is 1. The number of nitrogens with one attached hydrogen (secondary N) is 3. The first-order valence-corrected chi connectivity index (χ1v) is 7.02. The van der Waals surface area contributed by atoms with Gasteiger partial charge in [0.2, 0.25) is 0 Å².